The molecule has 0 saturated carbocycles. The Morgan fingerprint density at radius 3 is 2.32 bits per heavy atom. The molecule has 6 nitrogen and oxygen atoms in total. The van der Waals surface area contributed by atoms with Crippen LogP contribution in [0.5, 0.6) is 0 Å². The van der Waals surface area contributed by atoms with Crippen molar-refractivity contribution in [2.75, 3.05) is 33.1 Å². The first kappa shape index (κ1) is 19.9. The molecule has 7 heteroatoms. The van der Waals surface area contributed by atoms with Crippen molar-refractivity contribution in [3.8, 4) is 0 Å². The lowest BCUT2D eigenvalue weighted by molar-refractivity contribution is 0.0926. The number of ether oxygens (including phenoxy) is 1. The van der Waals surface area contributed by atoms with Crippen LogP contribution in [0, 0.1) is 5.92 Å². The number of nitrogens with one attached hydrogen (secondary N) is 1. The van der Waals surface area contributed by atoms with Crippen LogP contribution in [0.15, 0.2) is 24.3 Å². The standard InChI is InChI=1S/C18H28N2O4S/c1-18(2,3)15-8-6-13(7-9-15)17(21)19-16-11-24-10-14(16)12-25(22,23)20(4)5/h6-9,14,16H,10-12H2,1-5H3,(H,19,21)/t14-,16-/m0/s1. The summed E-state index contributed by atoms with van der Waals surface area (Å²) < 4.78 is 30.8. The fourth-order valence-electron chi connectivity index (χ4n) is 2.72. The Bertz CT molecular complexity index is 706. The van der Waals surface area contributed by atoms with Gasteiger partial charge >= 0.3 is 0 Å². The first-order chi connectivity index (χ1) is 11.5. The first-order valence-electron chi connectivity index (χ1n) is 8.40. The molecule has 0 bridgehead atoms. The maximum atomic E-state index is 12.5. The molecule has 0 unspecified atom stereocenters. The molecule has 140 valence electrons. The molecule has 1 amide bonds. The van der Waals surface area contributed by atoms with E-state index >= 15 is 0 Å². The van der Waals surface area contributed by atoms with Crippen LogP contribution in [0.2, 0.25) is 0 Å². The maximum Gasteiger partial charge on any atom is 0.251 e. The largest absolute Gasteiger partial charge is 0.379 e. The van der Waals surface area contributed by atoms with Gasteiger partial charge in [0.1, 0.15) is 0 Å². The highest BCUT2D eigenvalue weighted by atomic mass is 32.2. The van der Waals surface area contributed by atoms with E-state index in [9.17, 15) is 13.2 Å². The van der Waals surface area contributed by atoms with E-state index < -0.39 is 10.0 Å². The zero-order valence-electron chi connectivity index (χ0n) is 15.6. The van der Waals surface area contributed by atoms with E-state index in [0.717, 1.165) is 5.56 Å². The summed E-state index contributed by atoms with van der Waals surface area (Å²) in [7, 11) is -0.316. The van der Waals surface area contributed by atoms with Crippen molar-refractivity contribution in [3.05, 3.63) is 35.4 Å². The molecule has 0 aliphatic carbocycles. The highest BCUT2D eigenvalue weighted by Gasteiger charge is 2.34. The Morgan fingerprint density at radius 1 is 1.20 bits per heavy atom. The molecule has 1 aromatic carbocycles. The highest BCUT2D eigenvalue weighted by Crippen LogP contribution is 2.22. The Balaban J connectivity index is 2.04. The molecule has 1 fully saturated rings. The number of hydrogen-bond donors (Lipinski definition) is 1. The number of benzene rings is 1. The van der Waals surface area contributed by atoms with Crippen molar-refractivity contribution in [2.45, 2.75) is 32.2 Å². The SMILES string of the molecule is CN(C)S(=O)(=O)C[C@@H]1COC[C@@H]1NC(=O)c1ccc(C(C)(C)C)cc1. The van der Waals surface area contributed by atoms with Gasteiger partial charge in [0.25, 0.3) is 5.91 Å². The molecule has 2 atom stereocenters. The number of hydrogen-bond acceptors (Lipinski definition) is 4. The van der Waals surface area contributed by atoms with E-state index in [1.54, 1.807) is 12.1 Å². The van der Waals surface area contributed by atoms with Crippen LogP contribution in [-0.4, -0.2) is 57.7 Å². The van der Waals surface area contributed by atoms with Gasteiger partial charge in [-0.05, 0) is 23.1 Å². The predicted octanol–water partition coefficient (Wildman–Crippen LogP) is 1.62. The topological polar surface area (TPSA) is 75.7 Å². The van der Waals surface area contributed by atoms with Crippen LogP contribution in [0.4, 0.5) is 0 Å². The normalized spacial score (nSPS) is 21.5. The van der Waals surface area contributed by atoms with Gasteiger partial charge in [0.15, 0.2) is 0 Å². The third-order valence-corrected chi connectivity index (χ3v) is 6.47. The minimum atomic E-state index is -3.33. The lowest BCUT2D eigenvalue weighted by Gasteiger charge is -2.22. The van der Waals surface area contributed by atoms with Crippen LogP contribution >= 0.6 is 0 Å². The van der Waals surface area contributed by atoms with Crippen molar-refractivity contribution in [1.29, 1.82) is 0 Å². The number of carbonyl (C=O) groups excluding carboxylic acids is 1. The summed E-state index contributed by atoms with van der Waals surface area (Å²) in [4.78, 5) is 12.5. The van der Waals surface area contributed by atoms with E-state index in [1.807, 2.05) is 12.1 Å². The minimum Gasteiger partial charge on any atom is -0.379 e. The van der Waals surface area contributed by atoms with E-state index in [4.69, 9.17) is 4.74 Å². The average molecular weight is 368 g/mol. The Labute approximate surface area is 150 Å². The molecule has 1 aliphatic rings. The fourth-order valence-corrected chi connectivity index (χ4v) is 3.88. The molecule has 2 rings (SSSR count). The van der Waals surface area contributed by atoms with Gasteiger partial charge in [0.2, 0.25) is 10.0 Å². The van der Waals surface area contributed by atoms with E-state index in [2.05, 4.69) is 26.1 Å². The molecule has 25 heavy (non-hydrogen) atoms. The Hall–Kier alpha value is -1.44. The molecule has 0 spiro atoms. The van der Waals surface area contributed by atoms with E-state index in [-0.39, 0.29) is 29.0 Å². The Kier molecular flexibility index (Phi) is 5.91. The fraction of sp³-hybridized carbons (Fsp3) is 0.611. The van der Waals surface area contributed by atoms with Crippen LogP contribution in [0.1, 0.15) is 36.7 Å². The third-order valence-electron chi connectivity index (χ3n) is 4.51. The summed E-state index contributed by atoms with van der Waals surface area (Å²) in [5.74, 6) is -0.484. The van der Waals surface area contributed by atoms with Crippen molar-refractivity contribution in [1.82, 2.24) is 9.62 Å². The number of rotatable bonds is 5. The first-order valence-corrected chi connectivity index (χ1v) is 10.0. The molecule has 1 aliphatic heterocycles. The zero-order valence-corrected chi connectivity index (χ0v) is 16.4. The van der Waals surface area contributed by atoms with Gasteiger partial charge in [0.05, 0.1) is 25.0 Å². The van der Waals surface area contributed by atoms with Gasteiger partial charge in [-0.25, -0.2) is 12.7 Å². The molecular formula is C18H28N2O4S. The van der Waals surface area contributed by atoms with Crippen molar-refractivity contribution >= 4 is 15.9 Å². The van der Waals surface area contributed by atoms with Gasteiger partial charge in [0, 0.05) is 25.6 Å². The van der Waals surface area contributed by atoms with Gasteiger partial charge < -0.3 is 10.1 Å². The summed E-state index contributed by atoms with van der Waals surface area (Å²) >= 11 is 0. The zero-order chi connectivity index (χ0) is 18.8. The second kappa shape index (κ2) is 7.43. The van der Waals surface area contributed by atoms with Crippen LogP contribution < -0.4 is 5.32 Å². The summed E-state index contributed by atoms with van der Waals surface area (Å²) in [6, 6.07) is 7.21. The quantitative estimate of drug-likeness (QED) is 0.857. The van der Waals surface area contributed by atoms with Gasteiger partial charge in [-0.1, -0.05) is 32.9 Å². The summed E-state index contributed by atoms with van der Waals surface area (Å²) in [5, 5.41) is 2.92. The number of nitrogens with zero attached hydrogens (tertiary/aromatic N) is 1. The summed E-state index contributed by atoms with van der Waals surface area (Å²) in [5.41, 5.74) is 1.75. The lowest BCUT2D eigenvalue weighted by atomic mass is 9.86. The molecular weight excluding hydrogens is 340 g/mol. The number of amides is 1. The van der Waals surface area contributed by atoms with Crippen molar-refractivity contribution < 1.29 is 17.9 Å². The number of sulfonamides is 1. The maximum absolute atomic E-state index is 12.5. The van der Waals surface area contributed by atoms with E-state index in [0.29, 0.717) is 18.8 Å². The second-order valence-corrected chi connectivity index (χ2v) is 9.99. The number of carbonyl (C=O) groups is 1. The van der Waals surface area contributed by atoms with Crippen molar-refractivity contribution in [3.63, 3.8) is 0 Å². The highest BCUT2D eigenvalue weighted by molar-refractivity contribution is 7.89. The van der Waals surface area contributed by atoms with E-state index in [1.165, 1.54) is 18.4 Å². The Morgan fingerprint density at radius 2 is 1.80 bits per heavy atom. The average Bonchev–Trinajstić information content (AvgIpc) is 2.92. The van der Waals surface area contributed by atoms with Gasteiger partial charge in [-0.2, -0.15) is 0 Å². The van der Waals surface area contributed by atoms with Gasteiger partial charge in [-0.15, -0.1) is 0 Å². The molecule has 1 aromatic rings. The molecule has 0 aromatic heterocycles. The molecule has 1 heterocycles. The van der Waals surface area contributed by atoms with Crippen LogP contribution in [0.3, 0.4) is 0 Å². The van der Waals surface area contributed by atoms with Crippen LogP contribution in [0.25, 0.3) is 0 Å². The van der Waals surface area contributed by atoms with Crippen LogP contribution in [-0.2, 0) is 20.2 Å². The summed E-state index contributed by atoms with van der Waals surface area (Å²) in [6.45, 7) is 7.02. The third kappa shape index (κ3) is 5.03. The van der Waals surface area contributed by atoms with Gasteiger partial charge in [-0.3, -0.25) is 4.79 Å². The van der Waals surface area contributed by atoms with Crippen molar-refractivity contribution in [2.24, 2.45) is 5.92 Å². The molecule has 1 N–H and O–H groups in total. The second-order valence-electron chi connectivity index (χ2n) is 7.77. The summed E-state index contributed by atoms with van der Waals surface area (Å²) in [6.07, 6.45) is 0. The lowest BCUT2D eigenvalue weighted by Crippen LogP contribution is -2.43. The minimum absolute atomic E-state index is 0.0277. The molecule has 1 saturated heterocycles. The smallest absolute Gasteiger partial charge is 0.251 e. The monoisotopic (exact) mass is 368 g/mol. The molecule has 0 radical (unpaired) electrons. The predicted molar refractivity (Wildman–Crippen MR) is 98.2 cm³/mol.